The standard InChI is InChI=1S/C40H32BrCl2N3O4S/c1-3-5-16-31(4-2)46-39(49)32(21-26-17-20-35(33(41)22-26)50-24-29-18-19-30(42)23-34(29)43)38(48)45-40(46)51-25-36(47)44-37(27-12-8-6-9-13-27)28-14-10-7-11-15-28/h3-23,37H,1,24-25H2,2H3,(H,44,47)/b16-5-,31-4+,32-21+. The van der Waals surface area contributed by atoms with E-state index in [4.69, 9.17) is 27.9 Å². The fourth-order valence-corrected chi connectivity index (χ4v) is 6.86. The number of allylic oxidation sites excluding steroid dienone is 4. The first-order chi connectivity index (χ1) is 24.7. The molecule has 11 heteroatoms. The minimum absolute atomic E-state index is 0.0841. The third-order valence-corrected chi connectivity index (χ3v) is 9.72. The largest absolute Gasteiger partial charge is 0.488 e. The highest BCUT2D eigenvalue weighted by Gasteiger charge is 2.35. The van der Waals surface area contributed by atoms with Crippen LogP contribution < -0.4 is 10.1 Å². The Morgan fingerprint density at radius 2 is 1.69 bits per heavy atom. The zero-order valence-electron chi connectivity index (χ0n) is 27.4. The second-order valence-electron chi connectivity index (χ2n) is 11.0. The van der Waals surface area contributed by atoms with Crippen LogP contribution in [0.5, 0.6) is 5.75 Å². The van der Waals surface area contributed by atoms with Crippen LogP contribution >= 0.6 is 50.9 Å². The molecule has 0 saturated heterocycles. The maximum atomic E-state index is 14.1. The third-order valence-electron chi connectivity index (χ3n) is 7.58. The molecule has 0 fully saturated rings. The second kappa shape index (κ2) is 18.0. The summed E-state index contributed by atoms with van der Waals surface area (Å²) in [6, 6.07) is 29.3. The Kier molecular flexibility index (Phi) is 13.3. The summed E-state index contributed by atoms with van der Waals surface area (Å²) in [5.41, 5.74) is 3.49. The number of aliphatic imine (C=N–C) groups is 1. The van der Waals surface area contributed by atoms with Crippen LogP contribution in [0.3, 0.4) is 0 Å². The van der Waals surface area contributed by atoms with Gasteiger partial charge in [0.25, 0.3) is 11.8 Å². The number of thioether (sulfide) groups is 1. The Balaban J connectivity index is 1.37. The molecule has 0 radical (unpaired) electrons. The van der Waals surface area contributed by atoms with Gasteiger partial charge in [-0.25, -0.2) is 0 Å². The average Bonchev–Trinajstić information content (AvgIpc) is 3.13. The molecule has 0 aromatic heterocycles. The van der Waals surface area contributed by atoms with E-state index < -0.39 is 17.9 Å². The molecule has 1 N–H and O–H groups in total. The van der Waals surface area contributed by atoms with Crippen molar-refractivity contribution in [3.8, 4) is 5.75 Å². The number of ether oxygens (including phenoxy) is 1. The maximum Gasteiger partial charge on any atom is 0.285 e. The van der Waals surface area contributed by atoms with Crippen molar-refractivity contribution in [2.45, 2.75) is 19.6 Å². The smallest absolute Gasteiger partial charge is 0.285 e. The lowest BCUT2D eigenvalue weighted by Gasteiger charge is -2.28. The van der Waals surface area contributed by atoms with Crippen molar-refractivity contribution >= 4 is 79.9 Å². The summed E-state index contributed by atoms with van der Waals surface area (Å²) < 4.78 is 6.55. The van der Waals surface area contributed by atoms with E-state index in [1.807, 2.05) is 60.7 Å². The third kappa shape index (κ3) is 9.77. The molecule has 0 atom stereocenters. The highest BCUT2D eigenvalue weighted by atomic mass is 79.9. The minimum Gasteiger partial charge on any atom is -0.488 e. The number of rotatable bonds is 12. The number of benzene rings is 4. The van der Waals surface area contributed by atoms with Crippen molar-refractivity contribution in [1.29, 1.82) is 0 Å². The summed E-state index contributed by atoms with van der Waals surface area (Å²) in [6.07, 6.45) is 8.14. The monoisotopic (exact) mass is 799 g/mol. The summed E-state index contributed by atoms with van der Waals surface area (Å²) in [5, 5.41) is 4.20. The van der Waals surface area contributed by atoms with Crippen molar-refractivity contribution in [3.63, 3.8) is 0 Å². The van der Waals surface area contributed by atoms with Gasteiger partial charge in [-0.05, 0) is 76.0 Å². The molecule has 7 nitrogen and oxygen atoms in total. The summed E-state index contributed by atoms with van der Waals surface area (Å²) >= 11 is 16.8. The molecular formula is C40H32BrCl2N3O4S. The molecule has 1 heterocycles. The summed E-state index contributed by atoms with van der Waals surface area (Å²) in [4.78, 5) is 46.5. The van der Waals surface area contributed by atoms with E-state index in [0.29, 0.717) is 31.5 Å². The van der Waals surface area contributed by atoms with Crippen LogP contribution in [-0.4, -0.2) is 33.5 Å². The maximum absolute atomic E-state index is 14.1. The molecule has 0 unspecified atom stereocenters. The predicted molar refractivity (Wildman–Crippen MR) is 211 cm³/mol. The molecule has 4 aromatic rings. The first-order valence-corrected chi connectivity index (χ1v) is 18.2. The quantitative estimate of drug-likeness (QED) is 0.0876. The van der Waals surface area contributed by atoms with Crippen molar-refractivity contribution in [2.75, 3.05) is 5.75 Å². The highest BCUT2D eigenvalue weighted by molar-refractivity contribution is 9.10. The number of hydrogen-bond acceptors (Lipinski definition) is 5. The molecule has 3 amide bonds. The Hall–Kier alpha value is -4.67. The Labute approximate surface area is 319 Å². The van der Waals surface area contributed by atoms with Gasteiger partial charge < -0.3 is 10.1 Å². The lowest BCUT2D eigenvalue weighted by molar-refractivity contribution is -0.126. The number of carbonyl (C=O) groups excluding carboxylic acids is 3. The van der Waals surface area contributed by atoms with Crippen LogP contribution in [0.25, 0.3) is 6.08 Å². The van der Waals surface area contributed by atoms with Crippen molar-refractivity contribution in [2.24, 2.45) is 4.99 Å². The van der Waals surface area contributed by atoms with Crippen molar-refractivity contribution < 1.29 is 19.1 Å². The summed E-state index contributed by atoms with van der Waals surface area (Å²) in [5.74, 6) is -1.16. The van der Waals surface area contributed by atoms with Gasteiger partial charge in [-0.15, -0.1) is 0 Å². The second-order valence-corrected chi connectivity index (χ2v) is 13.7. The van der Waals surface area contributed by atoms with Gasteiger partial charge in [0.15, 0.2) is 5.17 Å². The SMILES string of the molecule is C=C/C=C\C(=C/C)N1C(=O)/C(=C/c2ccc(OCc3ccc(Cl)cc3Cl)c(Br)c2)C(=O)N=C1SCC(=O)NC(c1ccccc1)c1ccccc1. The molecule has 0 aliphatic carbocycles. The number of amides is 3. The zero-order chi connectivity index (χ0) is 36.3. The number of carbonyl (C=O) groups is 3. The zero-order valence-corrected chi connectivity index (χ0v) is 31.3. The topological polar surface area (TPSA) is 88.1 Å². The number of hydrogen-bond donors (Lipinski definition) is 1. The lowest BCUT2D eigenvalue weighted by Crippen LogP contribution is -2.42. The van der Waals surface area contributed by atoms with Gasteiger partial charge >= 0.3 is 0 Å². The number of nitrogens with zero attached hydrogens (tertiary/aromatic N) is 2. The van der Waals surface area contributed by atoms with Crippen molar-refractivity contribution in [3.05, 3.63) is 176 Å². The van der Waals surface area contributed by atoms with Gasteiger partial charge in [0.2, 0.25) is 5.91 Å². The summed E-state index contributed by atoms with van der Waals surface area (Å²) in [7, 11) is 0. The van der Waals surface area contributed by atoms with Gasteiger partial charge in [0, 0.05) is 21.3 Å². The Morgan fingerprint density at radius 3 is 2.29 bits per heavy atom. The van der Waals surface area contributed by atoms with Crippen molar-refractivity contribution in [1.82, 2.24) is 10.2 Å². The van der Waals surface area contributed by atoms with E-state index in [-0.39, 0.29) is 29.0 Å². The lowest BCUT2D eigenvalue weighted by atomic mass is 9.99. The van der Waals surface area contributed by atoms with Gasteiger partial charge in [-0.1, -0.05) is 133 Å². The fourth-order valence-electron chi connectivity index (χ4n) is 5.08. The van der Waals surface area contributed by atoms with E-state index in [1.165, 1.54) is 11.0 Å². The molecule has 5 rings (SSSR count). The number of nitrogens with one attached hydrogen (secondary N) is 1. The van der Waals surface area contributed by atoms with Gasteiger partial charge in [0.1, 0.15) is 17.9 Å². The van der Waals surface area contributed by atoms with E-state index in [0.717, 1.165) is 28.5 Å². The van der Waals surface area contributed by atoms with Crippen LogP contribution in [0.4, 0.5) is 0 Å². The predicted octanol–water partition coefficient (Wildman–Crippen LogP) is 9.73. The molecule has 1 aliphatic heterocycles. The Morgan fingerprint density at radius 1 is 1.00 bits per heavy atom. The van der Waals surface area contributed by atoms with E-state index in [1.54, 1.807) is 67.6 Å². The van der Waals surface area contributed by atoms with Crippen LogP contribution in [0.15, 0.2) is 149 Å². The summed E-state index contributed by atoms with van der Waals surface area (Å²) in [6.45, 7) is 5.70. The van der Waals surface area contributed by atoms with Gasteiger partial charge in [-0.3, -0.25) is 19.3 Å². The van der Waals surface area contributed by atoms with Crippen LogP contribution in [0.2, 0.25) is 10.0 Å². The average molecular weight is 802 g/mol. The van der Waals surface area contributed by atoms with Gasteiger partial charge in [-0.2, -0.15) is 4.99 Å². The first-order valence-electron chi connectivity index (χ1n) is 15.7. The van der Waals surface area contributed by atoms with Crippen LogP contribution in [0, 0.1) is 0 Å². The van der Waals surface area contributed by atoms with Crippen LogP contribution in [-0.2, 0) is 21.0 Å². The molecular weight excluding hydrogens is 769 g/mol. The highest BCUT2D eigenvalue weighted by Crippen LogP contribution is 2.31. The molecule has 0 spiro atoms. The normalized spacial score (nSPS) is 14.3. The van der Waals surface area contributed by atoms with Gasteiger partial charge in [0.05, 0.1) is 16.3 Å². The molecule has 51 heavy (non-hydrogen) atoms. The fraction of sp³-hybridized carbons (Fsp3) is 0.100. The minimum atomic E-state index is -0.720. The molecule has 0 bridgehead atoms. The Bertz CT molecular complexity index is 2030. The van der Waals surface area contributed by atoms with E-state index in [2.05, 4.69) is 32.8 Å². The van der Waals surface area contributed by atoms with E-state index >= 15 is 0 Å². The first kappa shape index (κ1) is 37.6. The number of halogens is 3. The molecule has 4 aromatic carbocycles. The number of amidine groups is 1. The molecule has 1 aliphatic rings. The molecule has 0 saturated carbocycles. The van der Waals surface area contributed by atoms with E-state index in [9.17, 15) is 14.4 Å². The molecule has 258 valence electrons. The van der Waals surface area contributed by atoms with Crippen LogP contribution in [0.1, 0.15) is 35.2 Å².